The van der Waals surface area contributed by atoms with E-state index in [-0.39, 0.29) is 30.7 Å². The molecule has 2 saturated heterocycles. The van der Waals surface area contributed by atoms with Crippen molar-refractivity contribution in [2.45, 2.75) is 37.1 Å². The molecule has 0 radical (unpaired) electrons. The summed E-state index contributed by atoms with van der Waals surface area (Å²) >= 11 is 1.27. The molecule has 218 valence electrons. The molecule has 2 aromatic heterocycles. The number of furan rings is 1. The van der Waals surface area contributed by atoms with Crippen LogP contribution < -0.4 is 5.32 Å². The molecule has 2 aliphatic rings. The highest BCUT2D eigenvalue weighted by Crippen LogP contribution is 2.41. The fourth-order valence-corrected chi connectivity index (χ4v) is 6.37. The zero-order chi connectivity index (χ0) is 29.8. The Hall–Kier alpha value is -4.77. The Kier molecular flexibility index (Phi) is 8.32. The van der Waals surface area contributed by atoms with Crippen LogP contribution in [0, 0.1) is 5.82 Å². The van der Waals surface area contributed by atoms with Gasteiger partial charge in [0.2, 0.25) is 17.7 Å². The molecule has 2 atom stereocenters. The maximum absolute atomic E-state index is 13.8. The number of carbonyl (C=O) groups is 3. The monoisotopic (exact) mass is 597 g/mol. The number of thioether (sulfide) groups is 1. The number of hydrogen-bond acceptors (Lipinski definition) is 7. The minimum atomic E-state index is -0.580. The van der Waals surface area contributed by atoms with Gasteiger partial charge in [0.15, 0.2) is 5.17 Å². The molecule has 2 aromatic carbocycles. The SMILES string of the molecule is O=C(Nc1ccc(C2S/C(=N\c3cccc(F)c3)N(Cc3ccco3)C2=O)cc1)[C@@H]1CCCN1C(=O)Cc1ccncc1. The summed E-state index contributed by atoms with van der Waals surface area (Å²) in [4.78, 5) is 51.4. The summed E-state index contributed by atoms with van der Waals surface area (Å²) in [5, 5.41) is 2.79. The number of halogens is 1. The van der Waals surface area contributed by atoms with Crippen molar-refractivity contribution < 1.29 is 23.2 Å². The number of rotatable bonds is 8. The minimum Gasteiger partial charge on any atom is -0.467 e. The van der Waals surface area contributed by atoms with Gasteiger partial charge in [-0.15, -0.1) is 0 Å². The molecule has 6 rings (SSSR count). The first kappa shape index (κ1) is 28.4. The van der Waals surface area contributed by atoms with E-state index in [4.69, 9.17) is 4.42 Å². The summed E-state index contributed by atoms with van der Waals surface area (Å²) in [6.07, 6.45) is 6.40. The number of amides is 3. The normalized spacial score (nSPS) is 19.3. The van der Waals surface area contributed by atoms with E-state index in [1.165, 1.54) is 28.8 Å². The fourth-order valence-electron chi connectivity index (χ4n) is 5.19. The second-order valence-corrected chi connectivity index (χ2v) is 11.3. The van der Waals surface area contributed by atoms with E-state index in [1.54, 1.807) is 84.2 Å². The van der Waals surface area contributed by atoms with Gasteiger partial charge in [-0.05, 0) is 78.6 Å². The summed E-state index contributed by atoms with van der Waals surface area (Å²) in [5.41, 5.74) is 2.56. The quantitative estimate of drug-likeness (QED) is 0.288. The van der Waals surface area contributed by atoms with E-state index in [9.17, 15) is 18.8 Å². The Morgan fingerprint density at radius 2 is 1.88 bits per heavy atom. The average Bonchev–Trinajstić information content (AvgIpc) is 3.77. The van der Waals surface area contributed by atoms with E-state index < -0.39 is 17.1 Å². The van der Waals surface area contributed by atoms with Crippen molar-refractivity contribution in [3.05, 3.63) is 114 Å². The molecule has 3 amide bonds. The van der Waals surface area contributed by atoms with Crippen LogP contribution in [0.5, 0.6) is 0 Å². The van der Waals surface area contributed by atoms with Crippen LogP contribution in [-0.2, 0) is 27.3 Å². The highest BCUT2D eigenvalue weighted by Gasteiger charge is 2.40. The molecule has 1 unspecified atom stereocenters. The number of benzene rings is 2. The summed E-state index contributed by atoms with van der Waals surface area (Å²) in [5.74, 6) is -0.330. The van der Waals surface area contributed by atoms with E-state index in [0.717, 1.165) is 17.5 Å². The standard InChI is InChI=1S/C32H28FN5O4S/c33-23-4-1-5-25(19-23)36-32-38(20-26-6-3-17-42-26)31(41)29(43-32)22-8-10-24(11-9-22)35-30(40)27-7-2-16-37(27)28(39)18-21-12-14-34-15-13-21/h1,3-6,8-15,17,19,27,29H,2,7,16,18,20H2,(H,35,40)/b36-32-/t27-,29?/m0/s1. The van der Waals surface area contributed by atoms with Crippen molar-refractivity contribution in [2.24, 2.45) is 4.99 Å². The van der Waals surface area contributed by atoms with Gasteiger partial charge < -0.3 is 14.6 Å². The summed E-state index contributed by atoms with van der Waals surface area (Å²) in [7, 11) is 0. The van der Waals surface area contributed by atoms with Gasteiger partial charge >= 0.3 is 0 Å². The zero-order valence-electron chi connectivity index (χ0n) is 23.1. The molecule has 2 aliphatic heterocycles. The second-order valence-electron chi connectivity index (χ2n) is 10.3. The smallest absolute Gasteiger partial charge is 0.247 e. The van der Waals surface area contributed by atoms with E-state index >= 15 is 0 Å². The largest absolute Gasteiger partial charge is 0.467 e. The van der Waals surface area contributed by atoms with Gasteiger partial charge in [0, 0.05) is 24.6 Å². The third-order valence-corrected chi connectivity index (χ3v) is 8.56. The number of nitrogens with one attached hydrogen (secondary N) is 1. The maximum atomic E-state index is 13.8. The van der Waals surface area contributed by atoms with Crippen LogP contribution in [0.15, 0.2) is 101 Å². The van der Waals surface area contributed by atoms with Gasteiger partial charge in [-0.2, -0.15) is 0 Å². The van der Waals surface area contributed by atoms with Gasteiger partial charge in [-0.3, -0.25) is 24.3 Å². The number of aromatic nitrogens is 1. The Bertz CT molecular complexity index is 1650. The number of likely N-dealkylation sites (tertiary alicyclic amines) is 1. The first-order valence-electron chi connectivity index (χ1n) is 13.9. The Morgan fingerprint density at radius 3 is 2.63 bits per heavy atom. The lowest BCUT2D eigenvalue weighted by molar-refractivity contribution is -0.136. The number of nitrogens with zero attached hydrogens (tertiary/aromatic N) is 4. The predicted molar refractivity (Wildman–Crippen MR) is 161 cm³/mol. The van der Waals surface area contributed by atoms with Crippen LogP contribution in [0.1, 0.15) is 35.0 Å². The van der Waals surface area contributed by atoms with Crippen molar-refractivity contribution >= 4 is 46.0 Å². The fraction of sp³-hybridized carbons (Fsp3) is 0.219. The zero-order valence-corrected chi connectivity index (χ0v) is 23.9. The Morgan fingerprint density at radius 1 is 1.07 bits per heavy atom. The van der Waals surface area contributed by atoms with E-state index in [1.807, 2.05) is 0 Å². The van der Waals surface area contributed by atoms with Crippen LogP contribution >= 0.6 is 11.8 Å². The number of anilines is 1. The van der Waals surface area contributed by atoms with Crippen molar-refractivity contribution in [3.63, 3.8) is 0 Å². The number of aliphatic imine (C=N–C) groups is 1. The van der Waals surface area contributed by atoms with Gasteiger partial charge in [0.25, 0.3) is 0 Å². The first-order chi connectivity index (χ1) is 20.9. The van der Waals surface area contributed by atoms with Gasteiger partial charge in [0.05, 0.1) is 24.9 Å². The Balaban J connectivity index is 1.15. The van der Waals surface area contributed by atoms with Crippen LogP contribution in [0.25, 0.3) is 0 Å². The number of amidine groups is 1. The molecule has 11 heteroatoms. The van der Waals surface area contributed by atoms with Crippen LogP contribution in [-0.4, -0.2) is 50.3 Å². The molecule has 2 fully saturated rings. The molecule has 43 heavy (non-hydrogen) atoms. The minimum absolute atomic E-state index is 0.0919. The van der Waals surface area contributed by atoms with Crippen molar-refractivity contribution in [2.75, 3.05) is 11.9 Å². The molecular weight excluding hydrogens is 569 g/mol. The molecule has 0 bridgehead atoms. The van der Waals surface area contributed by atoms with Crippen LogP contribution in [0.4, 0.5) is 15.8 Å². The first-order valence-corrected chi connectivity index (χ1v) is 14.8. The average molecular weight is 598 g/mol. The molecule has 4 heterocycles. The molecule has 4 aromatic rings. The van der Waals surface area contributed by atoms with Crippen molar-refractivity contribution in [1.29, 1.82) is 0 Å². The van der Waals surface area contributed by atoms with E-state index in [2.05, 4.69) is 15.3 Å². The maximum Gasteiger partial charge on any atom is 0.247 e. The van der Waals surface area contributed by atoms with Gasteiger partial charge in [-0.1, -0.05) is 30.0 Å². The van der Waals surface area contributed by atoms with Gasteiger partial charge in [0.1, 0.15) is 22.9 Å². The molecular formula is C32H28FN5O4S. The molecule has 1 N–H and O–H groups in total. The summed E-state index contributed by atoms with van der Waals surface area (Å²) < 4.78 is 19.3. The van der Waals surface area contributed by atoms with Gasteiger partial charge in [-0.25, -0.2) is 9.38 Å². The molecule has 9 nitrogen and oxygen atoms in total. The predicted octanol–water partition coefficient (Wildman–Crippen LogP) is 5.49. The van der Waals surface area contributed by atoms with Crippen molar-refractivity contribution in [1.82, 2.24) is 14.8 Å². The lowest BCUT2D eigenvalue weighted by Gasteiger charge is -2.24. The van der Waals surface area contributed by atoms with Crippen molar-refractivity contribution in [3.8, 4) is 0 Å². The lowest BCUT2D eigenvalue weighted by Crippen LogP contribution is -2.43. The topological polar surface area (TPSA) is 108 Å². The third-order valence-electron chi connectivity index (χ3n) is 7.33. The number of pyridine rings is 1. The molecule has 0 saturated carbocycles. The third kappa shape index (κ3) is 6.51. The second kappa shape index (κ2) is 12.6. The number of hydrogen-bond donors (Lipinski definition) is 1. The summed E-state index contributed by atoms with van der Waals surface area (Å²) in [6, 6.07) is 19.6. The lowest BCUT2D eigenvalue weighted by atomic mass is 10.1. The summed E-state index contributed by atoms with van der Waals surface area (Å²) in [6.45, 7) is 0.728. The van der Waals surface area contributed by atoms with E-state index in [0.29, 0.717) is 35.3 Å². The van der Waals surface area contributed by atoms with Crippen LogP contribution in [0.3, 0.4) is 0 Å². The number of carbonyl (C=O) groups excluding carboxylic acids is 3. The Labute approximate surface area is 251 Å². The molecule has 0 aliphatic carbocycles. The van der Waals surface area contributed by atoms with Crippen LogP contribution in [0.2, 0.25) is 0 Å². The highest BCUT2D eigenvalue weighted by atomic mass is 32.2. The molecule has 0 spiro atoms. The highest BCUT2D eigenvalue weighted by molar-refractivity contribution is 8.15.